The molecule has 0 radical (unpaired) electrons. The molecule has 0 unspecified atom stereocenters. The molecule has 1 amide bonds. The summed E-state index contributed by atoms with van der Waals surface area (Å²) < 4.78 is 26.4. The lowest BCUT2D eigenvalue weighted by Crippen LogP contribution is -2.15. The minimum absolute atomic E-state index is 0.338. The maximum absolute atomic E-state index is 13.4. The van der Waals surface area contributed by atoms with Gasteiger partial charge in [0.25, 0.3) is 5.91 Å². The number of benzene rings is 1. The van der Waals surface area contributed by atoms with E-state index in [1.807, 2.05) is 0 Å². The number of carbonyl (C=O) groups is 1. The van der Waals surface area contributed by atoms with Gasteiger partial charge in [-0.05, 0) is 32.0 Å². The molecule has 0 spiro atoms. The van der Waals surface area contributed by atoms with E-state index < -0.39 is 17.5 Å². The SMILES string of the molecule is Cc1n[nH]c(C)c1NC(=O)c1cc(F)ccc1F. The number of H-pyrrole nitrogens is 1. The zero-order valence-corrected chi connectivity index (χ0v) is 9.84. The van der Waals surface area contributed by atoms with Crippen LogP contribution < -0.4 is 5.32 Å². The number of aryl methyl sites for hydroxylation is 2. The number of aromatic amines is 1. The number of hydrogen-bond acceptors (Lipinski definition) is 2. The molecular formula is C12H11F2N3O. The first-order chi connectivity index (χ1) is 8.49. The molecule has 18 heavy (non-hydrogen) atoms. The largest absolute Gasteiger partial charge is 0.319 e. The highest BCUT2D eigenvalue weighted by atomic mass is 19.1. The second-order valence-corrected chi connectivity index (χ2v) is 3.89. The molecule has 0 saturated carbocycles. The van der Waals surface area contributed by atoms with Crippen LogP contribution in [-0.2, 0) is 0 Å². The van der Waals surface area contributed by atoms with Crippen LogP contribution in [-0.4, -0.2) is 16.1 Å². The molecule has 0 fully saturated rings. The first kappa shape index (κ1) is 12.2. The van der Waals surface area contributed by atoms with E-state index in [9.17, 15) is 13.6 Å². The lowest BCUT2D eigenvalue weighted by Gasteiger charge is -2.06. The number of rotatable bonds is 2. The smallest absolute Gasteiger partial charge is 0.258 e. The Balaban J connectivity index is 2.30. The third-order valence-corrected chi connectivity index (χ3v) is 2.54. The van der Waals surface area contributed by atoms with Crippen LogP contribution in [0.1, 0.15) is 21.7 Å². The topological polar surface area (TPSA) is 57.8 Å². The second-order valence-electron chi connectivity index (χ2n) is 3.89. The van der Waals surface area contributed by atoms with Crippen molar-refractivity contribution in [3.8, 4) is 0 Å². The monoisotopic (exact) mass is 251 g/mol. The van der Waals surface area contributed by atoms with Crippen molar-refractivity contribution in [2.45, 2.75) is 13.8 Å². The molecule has 6 heteroatoms. The summed E-state index contributed by atoms with van der Waals surface area (Å²) in [5.74, 6) is -2.14. The van der Waals surface area contributed by atoms with Crippen molar-refractivity contribution in [2.75, 3.05) is 5.32 Å². The van der Waals surface area contributed by atoms with E-state index in [2.05, 4.69) is 15.5 Å². The Hall–Kier alpha value is -2.24. The molecule has 4 nitrogen and oxygen atoms in total. The Morgan fingerprint density at radius 3 is 2.67 bits per heavy atom. The van der Waals surface area contributed by atoms with E-state index in [0.717, 1.165) is 18.2 Å². The fourth-order valence-corrected chi connectivity index (χ4v) is 1.59. The number of amides is 1. The molecular weight excluding hydrogens is 240 g/mol. The van der Waals surface area contributed by atoms with Crippen molar-refractivity contribution in [2.24, 2.45) is 0 Å². The number of hydrogen-bond donors (Lipinski definition) is 2. The highest BCUT2D eigenvalue weighted by molar-refractivity contribution is 6.05. The average molecular weight is 251 g/mol. The van der Waals surface area contributed by atoms with Crippen LogP contribution in [0.5, 0.6) is 0 Å². The lowest BCUT2D eigenvalue weighted by atomic mass is 10.2. The average Bonchev–Trinajstić information content (AvgIpc) is 2.64. The molecule has 1 aromatic carbocycles. The number of nitrogens with zero attached hydrogens (tertiary/aromatic N) is 1. The molecule has 1 aromatic heterocycles. The first-order valence-electron chi connectivity index (χ1n) is 5.27. The summed E-state index contributed by atoms with van der Waals surface area (Å²) in [6.07, 6.45) is 0. The maximum Gasteiger partial charge on any atom is 0.258 e. The Morgan fingerprint density at radius 2 is 2.06 bits per heavy atom. The van der Waals surface area contributed by atoms with E-state index in [1.165, 1.54) is 0 Å². The predicted octanol–water partition coefficient (Wildman–Crippen LogP) is 2.56. The minimum Gasteiger partial charge on any atom is -0.319 e. The molecule has 0 atom stereocenters. The van der Waals surface area contributed by atoms with Crippen molar-refractivity contribution >= 4 is 11.6 Å². The van der Waals surface area contributed by atoms with E-state index in [1.54, 1.807) is 13.8 Å². The molecule has 0 saturated heterocycles. The van der Waals surface area contributed by atoms with E-state index in [0.29, 0.717) is 17.1 Å². The van der Waals surface area contributed by atoms with Gasteiger partial charge >= 0.3 is 0 Å². The maximum atomic E-state index is 13.4. The number of aromatic nitrogens is 2. The van der Waals surface area contributed by atoms with Crippen molar-refractivity contribution in [1.29, 1.82) is 0 Å². The summed E-state index contributed by atoms with van der Waals surface area (Å²) >= 11 is 0. The van der Waals surface area contributed by atoms with Gasteiger partial charge in [-0.1, -0.05) is 0 Å². The normalized spacial score (nSPS) is 10.4. The molecule has 1 heterocycles. The van der Waals surface area contributed by atoms with Gasteiger partial charge in [-0.15, -0.1) is 0 Å². The number of carbonyl (C=O) groups excluding carboxylic acids is 1. The fourth-order valence-electron chi connectivity index (χ4n) is 1.59. The van der Waals surface area contributed by atoms with Crippen molar-refractivity contribution in [3.05, 3.63) is 46.8 Å². The first-order valence-corrected chi connectivity index (χ1v) is 5.27. The predicted molar refractivity (Wildman–Crippen MR) is 62.4 cm³/mol. The van der Waals surface area contributed by atoms with Gasteiger partial charge in [0, 0.05) is 0 Å². The van der Waals surface area contributed by atoms with E-state index in [-0.39, 0.29) is 5.56 Å². The second kappa shape index (κ2) is 4.56. The van der Waals surface area contributed by atoms with Crippen LogP contribution in [0.25, 0.3) is 0 Å². The Morgan fingerprint density at radius 1 is 1.33 bits per heavy atom. The van der Waals surface area contributed by atoms with Gasteiger partial charge in [-0.25, -0.2) is 8.78 Å². The molecule has 2 aromatic rings. The highest BCUT2D eigenvalue weighted by Crippen LogP contribution is 2.18. The van der Waals surface area contributed by atoms with Gasteiger partial charge < -0.3 is 5.32 Å². The van der Waals surface area contributed by atoms with Crippen LogP contribution in [0, 0.1) is 25.5 Å². The van der Waals surface area contributed by atoms with Crippen LogP contribution in [0.2, 0.25) is 0 Å². The Bertz CT molecular complexity index is 588. The quantitative estimate of drug-likeness (QED) is 0.861. The third kappa shape index (κ3) is 2.22. The lowest BCUT2D eigenvalue weighted by molar-refractivity contribution is 0.102. The van der Waals surface area contributed by atoms with Gasteiger partial charge in [-0.2, -0.15) is 5.10 Å². The summed E-state index contributed by atoms with van der Waals surface area (Å²) in [7, 11) is 0. The zero-order chi connectivity index (χ0) is 13.3. The van der Waals surface area contributed by atoms with Gasteiger partial charge in [0.1, 0.15) is 11.6 Å². The van der Waals surface area contributed by atoms with Crippen molar-refractivity contribution in [1.82, 2.24) is 10.2 Å². The van der Waals surface area contributed by atoms with Crippen molar-refractivity contribution in [3.63, 3.8) is 0 Å². The van der Waals surface area contributed by atoms with E-state index >= 15 is 0 Å². The molecule has 2 N–H and O–H groups in total. The molecule has 94 valence electrons. The summed E-state index contributed by atoms with van der Waals surface area (Å²) in [5, 5.41) is 9.09. The van der Waals surface area contributed by atoms with Crippen LogP contribution in [0.3, 0.4) is 0 Å². The Labute approximate surface area is 102 Å². The number of halogens is 2. The van der Waals surface area contributed by atoms with Gasteiger partial charge in [0.15, 0.2) is 0 Å². The molecule has 0 aliphatic heterocycles. The van der Waals surface area contributed by atoms with Gasteiger partial charge in [0.2, 0.25) is 0 Å². The summed E-state index contributed by atoms with van der Waals surface area (Å²) in [6.45, 7) is 3.42. The van der Waals surface area contributed by atoms with Crippen LogP contribution >= 0.6 is 0 Å². The summed E-state index contributed by atoms with van der Waals surface area (Å²) in [6, 6.07) is 2.73. The van der Waals surface area contributed by atoms with Crippen LogP contribution in [0.15, 0.2) is 18.2 Å². The molecule has 2 rings (SSSR count). The molecule has 0 aliphatic rings. The summed E-state index contributed by atoms with van der Waals surface area (Å²) in [5.41, 5.74) is 1.37. The summed E-state index contributed by atoms with van der Waals surface area (Å²) in [4.78, 5) is 11.8. The minimum atomic E-state index is -0.771. The molecule has 0 aliphatic carbocycles. The third-order valence-electron chi connectivity index (χ3n) is 2.54. The number of nitrogens with one attached hydrogen (secondary N) is 2. The fraction of sp³-hybridized carbons (Fsp3) is 0.167. The standard InChI is InChI=1S/C12H11F2N3O/c1-6-11(7(2)17-16-6)15-12(18)9-5-8(13)3-4-10(9)14/h3-5H,1-2H3,(H,15,18)(H,16,17). The van der Waals surface area contributed by atoms with Crippen molar-refractivity contribution < 1.29 is 13.6 Å². The van der Waals surface area contributed by atoms with E-state index in [4.69, 9.17) is 0 Å². The van der Waals surface area contributed by atoms with Gasteiger partial charge in [0.05, 0.1) is 22.6 Å². The Kier molecular flexibility index (Phi) is 3.10. The zero-order valence-electron chi connectivity index (χ0n) is 9.84. The number of anilines is 1. The van der Waals surface area contributed by atoms with Gasteiger partial charge in [-0.3, -0.25) is 9.89 Å². The molecule has 0 bridgehead atoms. The van der Waals surface area contributed by atoms with Crippen LogP contribution in [0.4, 0.5) is 14.5 Å². The highest BCUT2D eigenvalue weighted by Gasteiger charge is 2.16.